The van der Waals surface area contributed by atoms with Gasteiger partial charge in [-0.2, -0.15) is 0 Å². The number of amides is 1. The second-order valence-electron chi connectivity index (χ2n) is 9.13. The Morgan fingerprint density at radius 1 is 1.15 bits per heavy atom. The van der Waals surface area contributed by atoms with E-state index in [1.807, 2.05) is 18.2 Å². The number of nitrogens with zero attached hydrogens (tertiary/aromatic N) is 1. The molecule has 3 N–H and O–H groups in total. The highest BCUT2D eigenvalue weighted by molar-refractivity contribution is 7.80. The summed E-state index contributed by atoms with van der Waals surface area (Å²) in [7, 11) is 0. The third kappa shape index (κ3) is 6.98. The number of rotatable bonds is 4. The molecule has 3 aliphatic rings. The standard InChI is InChI=1S/C24H33ClN4O3S/c25-19-10-8-18(9-11-19)17-26-23(30)31-21-16-24(32-28-21)12-14-29(15-13-24)22(33)27-20-6-4-2-1-3-5-7-20/h8-11,16,20,28H,1-7,12-15,17H2,(H,26,30)(H,27,33). The lowest BCUT2D eigenvalue weighted by atomic mass is 9.91. The second kappa shape index (κ2) is 11.4. The molecule has 1 saturated carbocycles. The lowest BCUT2D eigenvalue weighted by Crippen LogP contribution is -2.51. The van der Waals surface area contributed by atoms with Crippen molar-refractivity contribution >= 4 is 35.0 Å². The maximum Gasteiger partial charge on any atom is 0.414 e. The highest BCUT2D eigenvalue weighted by atomic mass is 35.5. The first kappa shape index (κ1) is 24.1. The molecule has 2 fully saturated rings. The van der Waals surface area contributed by atoms with Gasteiger partial charge in [0.05, 0.1) is 0 Å². The van der Waals surface area contributed by atoms with Crippen LogP contribution >= 0.6 is 23.8 Å². The van der Waals surface area contributed by atoms with E-state index in [-0.39, 0.29) is 0 Å². The molecule has 0 atom stereocenters. The van der Waals surface area contributed by atoms with Crippen molar-refractivity contribution in [3.05, 3.63) is 46.8 Å². The van der Waals surface area contributed by atoms with Gasteiger partial charge in [-0.15, -0.1) is 0 Å². The number of hydroxylamine groups is 1. The molecule has 7 nitrogen and oxygen atoms in total. The first-order valence-corrected chi connectivity index (χ1v) is 12.7. The van der Waals surface area contributed by atoms with E-state index >= 15 is 0 Å². The van der Waals surface area contributed by atoms with E-state index in [9.17, 15) is 4.79 Å². The third-order valence-electron chi connectivity index (χ3n) is 6.63. The fourth-order valence-electron chi connectivity index (χ4n) is 4.61. The molecule has 0 bridgehead atoms. The van der Waals surface area contributed by atoms with E-state index in [0.29, 0.717) is 23.5 Å². The van der Waals surface area contributed by atoms with E-state index in [1.165, 1.54) is 44.9 Å². The van der Waals surface area contributed by atoms with Gasteiger partial charge in [-0.1, -0.05) is 55.8 Å². The monoisotopic (exact) mass is 492 g/mol. The van der Waals surface area contributed by atoms with Gasteiger partial charge in [0, 0.05) is 49.6 Å². The van der Waals surface area contributed by atoms with Crippen molar-refractivity contribution in [2.24, 2.45) is 0 Å². The van der Waals surface area contributed by atoms with Crippen molar-refractivity contribution in [2.45, 2.75) is 76.0 Å². The Kier molecular flexibility index (Phi) is 8.33. The summed E-state index contributed by atoms with van der Waals surface area (Å²) in [4.78, 5) is 20.2. The molecule has 1 amide bonds. The van der Waals surface area contributed by atoms with Gasteiger partial charge in [0.1, 0.15) is 5.60 Å². The Balaban J connectivity index is 1.21. The molecule has 0 aromatic heterocycles. The van der Waals surface area contributed by atoms with Gasteiger partial charge in [0.25, 0.3) is 0 Å². The van der Waals surface area contributed by atoms with Crippen LogP contribution in [0.4, 0.5) is 4.79 Å². The molecule has 1 spiro atoms. The number of hydrogen-bond donors (Lipinski definition) is 3. The Bertz CT molecular complexity index is 848. The van der Waals surface area contributed by atoms with Crippen LogP contribution in [0.25, 0.3) is 0 Å². The average Bonchev–Trinajstić information content (AvgIpc) is 3.17. The summed E-state index contributed by atoms with van der Waals surface area (Å²) in [6, 6.07) is 7.78. The number of halogens is 1. The van der Waals surface area contributed by atoms with E-state index in [0.717, 1.165) is 36.6 Å². The fourth-order valence-corrected chi connectivity index (χ4v) is 5.09. The molecule has 0 unspecified atom stereocenters. The number of ether oxygens (including phenoxy) is 1. The summed E-state index contributed by atoms with van der Waals surface area (Å²) in [6.07, 6.45) is 11.9. The zero-order valence-corrected chi connectivity index (χ0v) is 20.5. The predicted molar refractivity (Wildman–Crippen MR) is 132 cm³/mol. The number of benzene rings is 1. The molecule has 0 radical (unpaired) electrons. The van der Waals surface area contributed by atoms with Crippen LogP contribution in [0.3, 0.4) is 0 Å². The van der Waals surface area contributed by atoms with Gasteiger partial charge in [-0.25, -0.2) is 10.3 Å². The zero-order valence-electron chi connectivity index (χ0n) is 18.9. The number of piperidine rings is 1. The Labute approximate surface area is 206 Å². The maximum atomic E-state index is 12.2. The smallest absolute Gasteiger partial charge is 0.392 e. The van der Waals surface area contributed by atoms with Gasteiger partial charge in [-0.3, -0.25) is 4.84 Å². The van der Waals surface area contributed by atoms with Crippen LogP contribution in [0.5, 0.6) is 0 Å². The first-order valence-electron chi connectivity index (χ1n) is 11.9. The molecular weight excluding hydrogens is 460 g/mol. The van der Waals surface area contributed by atoms with Crippen molar-refractivity contribution in [3.63, 3.8) is 0 Å². The Morgan fingerprint density at radius 3 is 2.52 bits per heavy atom. The first-order chi connectivity index (χ1) is 16.0. The van der Waals surface area contributed by atoms with E-state index < -0.39 is 11.7 Å². The molecule has 33 heavy (non-hydrogen) atoms. The Morgan fingerprint density at radius 2 is 1.82 bits per heavy atom. The van der Waals surface area contributed by atoms with Crippen molar-refractivity contribution in [2.75, 3.05) is 13.1 Å². The molecule has 2 heterocycles. The van der Waals surface area contributed by atoms with Crippen molar-refractivity contribution in [1.29, 1.82) is 0 Å². The van der Waals surface area contributed by atoms with Gasteiger partial charge in [0.2, 0.25) is 5.88 Å². The van der Waals surface area contributed by atoms with Crippen LogP contribution in [0.1, 0.15) is 63.4 Å². The lowest BCUT2D eigenvalue weighted by Gasteiger charge is -2.38. The average molecular weight is 493 g/mol. The number of carbonyl (C=O) groups excluding carboxylic acids is 1. The number of alkyl carbamates (subject to hydrolysis) is 1. The molecule has 180 valence electrons. The van der Waals surface area contributed by atoms with Gasteiger partial charge in [0.15, 0.2) is 5.11 Å². The molecule has 1 saturated heterocycles. The summed E-state index contributed by atoms with van der Waals surface area (Å²) in [5.74, 6) is 0.326. The predicted octanol–water partition coefficient (Wildman–Crippen LogP) is 4.76. The number of hydrogen-bond acceptors (Lipinski definition) is 5. The van der Waals surface area contributed by atoms with Gasteiger partial charge in [-0.05, 0) is 42.8 Å². The Hall–Kier alpha value is -2.03. The second-order valence-corrected chi connectivity index (χ2v) is 9.95. The molecular formula is C24H33ClN4O3S. The number of carbonyl (C=O) groups is 1. The van der Waals surface area contributed by atoms with Crippen LogP contribution in [0.2, 0.25) is 5.02 Å². The molecule has 1 aromatic rings. The fraction of sp³-hybridized carbons (Fsp3) is 0.583. The number of likely N-dealkylation sites (tertiary alicyclic amines) is 1. The lowest BCUT2D eigenvalue weighted by molar-refractivity contribution is -0.0742. The summed E-state index contributed by atoms with van der Waals surface area (Å²) in [6.45, 7) is 1.95. The molecule has 2 aliphatic heterocycles. The molecule has 9 heteroatoms. The minimum absolute atomic E-state index is 0.326. The SMILES string of the molecule is O=C(NCc1ccc(Cl)cc1)OC1=CC2(CCN(C(=S)NC3CCCCCCC3)CC2)ON1. The topological polar surface area (TPSA) is 74.9 Å². The molecule has 4 rings (SSSR count). The highest BCUT2D eigenvalue weighted by Gasteiger charge is 2.40. The normalized spacial score (nSPS) is 20.9. The summed E-state index contributed by atoms with van der Waals surface area (Å²) in [5, 5.41) is 7.84. The zero-order chi connectivity index (χ0) is 23.1. The largest absolute Gasteiger partial charge is 0.414 e. The molecule has 1 aromatic carbocycles. The van der Waals surface area contributed by atoms with Crippen LogP contribution in [-0.4, -0.2) is 40.8 Å². The van der Waals surface area contributed by atoms with Crippen molar-refractivity contribution in [3.8, 4) is 0 Å². The summed E-state index contributed by atoms with van der Waals surface area (Å²) < 4.78 is 5.38. The highest BCUT2D eigenvalue weighted by Crippen LogP contribution is 2.32. The van der Waals surface area contributed by atoms with Crippen LogP contribution in [0.15, 0.2) is 36.2 Å². The van der Waals surface area contributed by atoms with Crippen molar-refractivity contribution in [1.82, 2.24) is 21.0 Å². The minimum atomic E-state index is -0.536. The number of nitrogens with one attached hydrogen (secondary N) is 3. The van der Waals surface area contributed by atoms with Gasteiger partial charge >= 0.3 is 6.09 Å². The molecule has 1 aliphatic carbocycles. The van der Waals surface area contributed by atoms with Crippen molar-refractivity contribution < 1.29 is 14.4 Å². The van der Waals surface area contributed by atoms with E-state index in [4.69, 9.17) is 33.4 Å². The van der Waals surface area contributed by atoms with Crippen LogP contribution in [0, 0.1) is 0 Å². The summed E-state index contributed by atoms with van der Waals surface area (Å²) >= 11 is 11.6. The quantitative estimate of drug-likeness (QED) is 0.523. The third-order valence-corrected chi connectivity index (χ3v) is 7.26. The van der Waals surface area contributed by atoms with Crippen LogP contribution < -0.4 is 16.1 Å². The summed E-state index contributed by atoms with van der Waals surface area (Å²) in [5.41, 5.74) is 3.23. The maximum absolute atomic E-state index is 12.2. The van der Waals surface area contributed by atoms with E-state index in [1.54, 1.807) is 12.1 Å². The van der Waals surface area contributed by atoms with E-state index in [2.05, 4.69) is 21.0 Å². The minimum Gasteiger partial charge on any atom is -0.392 e. The number of thiocarbonyl (C=S) groups is 1. The van der Waals surface area contributed by atoms with Crippen LogP contribution in [-0.2, 0) is 16.1 Å². The van der Waals surface area contributed by atoms with Gasteiger partial charge < -0.3 is 20.3 Å².